The van der Waals surface area contributed by atoms with Crippen LogP contribution in [0.1, 0.15) is 45.5 Å². The molecule has 0 aromatic heterocycles. The lowest BCUT2D eigenvalue weighted by Crippen LogP contribution is -2.31. The van der Waals surface area contributed by atoms with Crippen LogP contribution in [-0.2, 0) is 25.7 Å². The van der Waals surface area contributed by atoms with E-state index >= 15 is 0 Å². The molecule has 0 saturated carbocycles. The van der Waals surface area contributed by atoms with E-state index in [-0.39, 0.29) is 12.1 Å². The Hall–Kier alpha value is -4.60. The molecular formula is C38H44N2O7. The highest BCUT2D eigenvalue weighted by Crippen LogP contribution is 2.41. The zero-order chi connectivity index (χ0) is 32.9. The van der Waals surface area contributed by atoms with Gasteiger partial charge in [0.15, 0.2) is 46.0 Å². The number of hydrogen-bond donors (Lipinski definition) is 2. The van der Waals surface area contributed by atoms with Crippen LogP contribution in [0.5, 0.6) is 46.0 Å². The molecule has 2 atom stereocenters. The van der Waals surface area contributed by atoms with Crippen molar-refractivity contribution >= 4 is 0 Å². The van der Waals surface area contributed by atoms with Gasteiger partial charge in [-0.25, -0.2) is 0 Å². The first-order valence-corrected chi connectivity index (χ1v) is 16.0. The monoisotopic (exact) mass is 640 g/mol. The highest BCUT2D eigenvalue weighted by atomic mass is 16.5. The van der Waals surface area contributed by atoms with E-state index in [4.69, 9.17) is 33.2 Å². The SMILES string of the molecule is COc1cc2c(cc1OC)[C@@H](Cc1ccc(OC)c(Oc3cc(C[C@H]4NCCc5cc(OC)c(OC)cc54)ccc3OC)c1)NCC2. The van der Waals surface area contributed by atoms with E-state index in [1.807, 2.05) is 12.1 Å². The van der Waals surface area contributed by atoms with Gasteiger partial charge >= 0.3 is 0 Å². The first-order chi connectivity index (χ1) is 23.0. The molecule has 2 N–H and O–H groups in total. The summed E-state index contributed by atoms with van der Waals surface area (Å²) in [5.74, 6) is 5.52. The van der Waals surface area contributed by atoms with Crippen molar-refractivity contribution in [3.05, 3.63) is 94.0 Å². The van der Waals surface area contributed by atoms with Crippen LogP contribution in [0.15, 0.2) is 60.7 Å². The molecule has 4 aromatic carbocycles. The first kappa shape index (κ1) is 32.3. The molecule has 0 spiro atoms. The maximum absolute atomic E-state index is 6.59. The highest BCUT2D eigenvalue weighted by molar-refractivity contribution is 5.53. The largest absolute Gasteiger partial charge is 0.493 e. The normalized spacial score (nSPS) is 16.8. The van der Waals surface area contributed by atoms with Crippen LogP contribution in [0.4, 0.5) is 0 Å². The van der Waals surface area contributed by atoms with E-state index < -0.39 is 0 Å². The average molecular weight is 641 g/mol. The van der Waals surface area contributed by atoms with Gasteiger partial charge in [0.25, 0.3) is 0 Å². The lowest BCUT2D eigenvalue weighted by atomic mass is 9.89. The summed E-state index contributed by atoms with van der Waals surface area (Å²) in [4.78, 5) is 0. The quantitative estimate of drug-likeness (QED) is 0.183. The van der Waals surface area contributed by atoms with Crippen molar-refractivity contribution in [3.8, 4) is 46.0 Å². The Morgan fingerprint density at radius 2 is 0.851 bits per heavy atom. The van der Waals surface area contributed by atoms with Gasteiger partial charge in [-0.2, -0.15) is 0 Å². The molecule has 0 bridgehead atoms. The summed E-state index contributed by atoms with van der Waals surface area (Å²) in [6.45, 7) is 1.77. The van der Waals surface area contributed by atoms with Gasteiger partial charge in [-0.15, -0.1) is 0 Å². The number of ether oxygens (including phenoxy) is 7. The summed E-state index contributed by atoms with van der Waals surface area (Å²) in [6.07, 6.45) is 3.40. The second-order valence-electron chi connectivity index (χ2n) is 11.8. The van der Waals surface area contributed by atoms with Crippen molar-refractivity contribution < 1.29 is 33.2 Å². The topological polar surface area (TPSA) is 88.7 Å². The molecule has 2 aliphatic heterocycles. The molecule has 0 aliphatic carbocycles. The molecule has 0 amide bonds. The molecule has 248 valence electrons. The number of benzene rings is 4. The van der Waals surface area contributed by atoms with Crippen LogP contribution < -0.4 is 43.8 Å². The minimum absolute atomic E-state index is 0.113. The second kappa shape index (κ2) is 14.4. The molecule has 9 heteroatoms. The van der Waals surface area contributed by atoms with Crippen LogP contribution in [0.3, 0.4) is 0 Å². The molecule has 6 rings (SSSR count). The van der Waals surface area contributed by atoms with E-state index in [0.29, 0.717) is 23.0 Å². The summed E-state index contributed by atoms with van der Waals surface area (Å²) in [5.41, 5.74) is 7.20. The predicted molar refractivity (Wildman–Crippen MR) is 181 cm³/mol. The summed E-state index contributed by atoms with van der Waals surface area (Å²) < 4.78 is 40.4. The van der Waals surface area contributed by atoms with E-state index in [9.17, 15) is 0 Å². The van der Waals surface area contributed by atoms with E-state index in [1.54, 1.807) is 42.7 Å². The molecule has 0 fully saturated rings. The minimum Gasteiger partial charge on any atom is -0.493 e. The Bertz CT molecular complexity index is 1600. The van der Waals surface area contributed by atoms with Crippen LogP contribution in [0.2, 0.25) is 0 Å². The summed E-state index contributed by atoms with van der Waals surface area (Å²) in [6, 6.07) is 20.8. The molecule has 0 saturated heterocycles. The summed E-state index contributed by atoms with van der Waals surface area (Å²) in [7, 11) is 10.0. The van der Waals surface area contributed by atoms with Gasteiger partial charge in [0.05, 0.1) is 42.7 Å². The van der Waals surface area contributed by atoms with Gasteiger partial charge < -0.3 is 43.8 Å². The summed E-state index contributed by atoms with van der Waals surface area (Å²) >= 11 is 0. The Kier molecular flexibility index (Phi) is 9.94. The van der Waals surface area contributed by atoms with E-state index in [1.165, 1.54) is 22.3 Å². The van der Waals surface area contributed by atoms with Gasteiger partial charge in [0.2, 0.25) is 0 Å². The fourth-order valence-corrected chi connectivity index (χ4v) is 6.75. The zero-order valence-corrected chi connectivity index (χ0v) is 28.0. The third-order valence-electron chi connectivity index (χ3n) is 9.17. The van der Waals surface area contributed by atoms with Gasteiger partial charge in [-0.1, -0.05) is 12.1 Å². The zero-order valence-electron chi connectivity index (χ0n) is 28.0. The van der Waals surface area contributed by atoms with Gasteiger partial charge in [0.1, 0.15) is 0 Å². The molecule has 9 nitrogen and oxygen atoms in total. The van der Waals surface area contributed by atoms with Crippen molar-refractivity contribution in [2.75, 3.05) is 55.7 Å². The third-order valence-corrected chi connectivity index (χ3v) is 9.17. The van der Waals surface area contributed by atoms with E-state index in [0.717, 1.165) is 72.9 Å². The Labute approximate surface area is 277 Å². The fraction of sp³-hybridized carbons (Fsp3) is 0.368. The number of fused-ring (bicyclic) bond motifs is 2. The first-order valence-electron chi connectivity index (χ1n) is 16.0. The maximum atomic E-state index is 6.59. The molecule has 0 radical (unpaired) electrons. The standard InChI is InChI=1S/C38H44N2O7/c1-41-31-9-7-23(15-29-27-21-35(45-5)33(43-3)19-25(27)11-13-39-29)17-37(31)47-38-18-24(8-10-32(38)42-2)16-30-28-22-36(46-6)34(44-4)20-26(28)12-14-40-30/h7-10,17-22,29-30,39-40H,11-16H2,1-6H3/t29-,30-/m1/s1. The fourth-order valence-electron chi connectivity index (χ4n) is 6.75. The molecule has 2 aliphatic rings. The van der Waals surface area contributed by atoms with Crippen LogP contribution >= 0.6 is 0 Å². The third kappa shape index (κ3) is 6.77. The maximum Gasteiger partial charge on any atom is 0.169 e. The van der Waals surface area contributed by atoms with E-state index in [2.05, 4.69) is 59.2 Å². The number of nitrogens with one attached hydrogen (secondary N) is 2. The van der Waals surface area contributed by atoms with Crippen molar-refractivity contribution in [2.45, 2.75) is 37.8 Å². The second-order valence-corrected chi connectivity index (χ2v) is 11.8. The average Bonchev–Trinajstić information content (AvgIpc) is 3.11. The van der Waals surface area contributed by atoms with Crippen LogP contribution in [0, 0.1) is 0 Å². The van der Waals surface area contributed by atoms with Gasteiger partial charge in [0, 0.05) is 12.1 Å². The smallest absolute Gasteiger partial charge is 0.169 e. The number of methoxy groups -OCH3 is 6. The lowest BCUT2D eigenvalue weighted by molar-refractivity contribution is 0.351. The van der Waals surface area contributed by atoms with Crippen LogP contribution in [-0.4, -0.2) is 55.7 Å². The predicted octanol–water partition coefficient (Wildman–Crippen LogP) is 6.39. The van der Waals surface area contributed by atoms with Crippen molar-refractivity contribution in [1.29, 1.82) is 0 Å². The summed E-state index contributed by atoms with van der Waals surface area (Å²) in [5, 5.41) is 7.37. The number of hydrogen-bond acceptors (Lipinski definition) is 9. The van der Waals surface area contributed by atoms with Crippen LogP contribution in [0.25, 0.3) is 0 Å². The number of rotatable bonds is 12. The molecule has 47 heavy (non-hydrogen) atoms. The van der Waals surface area contributed by atoms with Crippen molar-refractivity contribution in [2.24, 2.45) is 0 Å². The van der Waals surface area contributed by atoms with Crippen molar-refractivity contribution in [1.82, 2.24) is 10.6 Å². The van der Waals surface area contributed by atoms with Crippen molar-refractivity contribution in [3.63, 3.8) is 0 Å². The van der Waals surface area contributed by atoms with Gasteiger partial charge in [-0.05, 0) is 121 Å². The Morgan fingerprint density at radius 3 is 1.23 bits per heavy atom. The van der Waals surface area contributed by atoms with Gasteiger partial charge in [-0.3, -0.25) is 0 Å². The molecular weight excluding hydrogens is 596 g/mol. The lowest BCUT2D eigenvalue weighted by Gasteiger charge is -2.28. The Balaban J connectivity index is 1.26. The minimum atomic E-state index is 0.113. The Morgan fingerprint density at radius 1 is 0.468 bits per heavy atom. The molecule has 4 aromatic rings. The molecule has 0 unspecified atom stereocenters. The molecule has 2 heterocycles. The highest BCUT2D eigenvalue weighted by Gasteiger charge is 2.25.